The minimum atomic E-state index is -0.120. The normalized spacial score (nSPS) is 11.7. The monoisotopic (exact) mass is 345 g/mol. The van der Waals surface area contributed by atoms with E-state index in [1.807, 2.05) is 19.1 Å². The molecular formula is C16H25Cl2N3O. The molecule has 0 fully saturated rings. The van der Waals surface area contributed by atoms with Crippen molar-refractivity contribution in [2.75, 3.05) is 5.32 Å². The van der Waals surface area contributed by atoms with E-state index in [4.69, 9.17) is 5.73 Å². The molecule has 4 nitrogen and oxygen atoms in total. The molecule has 0 radical (unpaired) electrons. The molecule has 3 N–H and O–H groups in total. The lowest BCUT2D eigenvalue weighted by atomic mass is 10.2. The van der Waals surface area contributed by atoms with Crippen molar-refractivity contribution < 1.29 is 4.79 Å². The van der Waals surface area contributed by atoms with Crippen molar-refractivity contribution in [2.45, 2.75) is 39.8 Å². The second kappa shape index (κ2) is 9.03. The number of benzene rings is 1. The first-order chi connectivity index (χ1) is 9.45. The van der Waals surface area contributed by atoms with E-state index in [1.54, 1.807) is 0 Å². The summed E-state index contributed by atoms with van der Waals surface area (Å²) in [6.45, 7) is 7.23. The van der Waals surface area contributed by atoms with E-state index in [2.05, 4.69) is 42.1 Å². The van der Waals surface area contributed by atoms with Crippen LogP contribution in [0.2, 0.25) is 0 Å². The summed E-state index contributed by atoms with van der Waals surface area (Å²) in [6, 6.07) is 7.97. The van der Waals surface area contributed by atoms with Crippen LogP contribution in [0.5, 0.6) is 0 Å². The predicted molar refractivity (Wildman–Crippen MR) is 98.2 cm³/mol. The summed E-state index contributed by atoms with van der Waals surface area (Å²) >= 11 is 0. The van der Waals surface area contributed by atoms with Crippen LogP contribution in [0.3, 0.4) is 0 Å². The van der Waals surface area contributed by atoms with Crippen molar-refractivity contribution in [1.29, 1.82) is 0 Å². The topological polar surface area (TPSA) is 60.0 Å². The number of carbonyl (C=O) groups is 1. The van der Waals surface area contributed by atoms with E-state index in [1.165, 1.54) is 5.52 Å². The molecule has 1 aromatic heterocycles. The number of nitrogens with two attached hydrogens (primary N) is 1. The number of hydrogen-bond acceptors (Lipinski definition) is 2. The van der Waals surface area contributed by atoms with Gasteiger partial charge < -0.3 is 15.6 Å². The standard InChI is InChI=1S/C16H23N3O.2ClH/c1-11(2)10-19-7-6-13-9-14(4-5-15(13)19)18-16(20)8-12(3)17;;/h4-7,9,11-12H,8,10,17H2,1-3H3,(H,18,20);2*1H. The summed E-state index contributed by atoms with van der Waals surface area (Å²) in [5, 5.41) is 4.03. The minimum Gasteiger partial charge on any atom is -0.347 e. The highest BCUT2D eigenvalue weighted by Gasteiger charge is 2.07. The van der Waals surface area contributed by atoms with Gasteiger partial charge in [0, 0.05) is 41.8 Å². The SMILES string of the molecule is CC(C)Cn1ccc2cc(NC(=O)CC(C)N)ccc21.Cl.Cl. The van der Waals surface area contributed by atoms with Gasteiger partial charge in [-0.3, -0.25) is 4.79 Å². The Bertz CT molecular complexity index is 608. The number of carbonyl (C=O) groups excluding carboxylic acids is 1. The number of amides is 1. The van der Waals surface area contributed by atoms with Crippen LogP contribution < -0.4 is 11.1 Å². The van der Waals surface area contributed by atoms with E-state index in [0.29, 0.717) is 12.3 Å². The van der Waals surface area contributed by atoms with Crippen LogP contribution in [-0.4, -0.2) is 16.5 Å². The summed E-state index contributed by atoms with van der Waals surface area (Å²) in [7, 11) is 0. The number of aromatic nitrogens is 1. The number of nitrogens with zero attached hydrogens (tertiary/aromatic N) is 1. The molecule has 0 bridgehead atoms. The third-order valence-electron chi connectivity index (χ3n) is 3.12. The van der Waals surface area contributed by atoms with Crippen molar-refractivity contribution in [1.82, 2.24) is 4.57 Å². The number of halogens is 2. The van der Waals surface area contributed by atoms with Gasteiger partial charge in [-0.05, 0) is 37.1 Å². The number of nitrogens with one attached hydrogen (secondary N) is 1. The molecule has 0 aliphatic rings. The van der Waals surface area contributed by atoms with Crippen LogP contribution in [0.25, 0.3) is 10.9 Å². The van der Waals surface area contributed by atoms with Crippen LogP contribution in [-0.2, 0) is 11.3 Å². The van der Waals surface area contributed by atoms with E-state index < -0.39 is 0 Å². The van der Waals surface area contributed by atoms with Crippen LogP contribution >= 0.6 is 24.8 Å². The van der Waals surface area contributed by atoms with Crippen LogP contribution in [0.1, 0.15) is 27.2 Å². The van der Waals surface area contributed by atoms with Crippen molar-refractivity contribution in [2.24, 2.45) is 11.7 Å². The molecule has 124 valence electrons. The fourth-order valence-electron chi connectivity index (χ4n) is 2.33. The maximum absolute atomic E-state index is 11.7. The van der Waals surface area contributed by atoms with Gasteiger partial charge in [-0.1, -0.05) is 13.8 Å². The Kier molecular flexibility index (Phi) is 8.53. The minimum absolute atomic E-state index is 0. The average Bonchev–Trinajstić information content (AvgIpc) is 2.70. The van der Waals surface area contributed by atoms with Crippen molar-refractivity contribution in [3.63, 3.8) is 0 Å². The lowest BCUT2D eigenvalue weighted by molar-refractivity contribution is -0.116. The van der Waals surface area contributed by atoms with Gasteiger partial charge in [-0.2, -0.15) is 0 Å². The number of hydrogen-bond donors (Lipinski definition) is 2. The second-order valence-corrected chi connectivity index (χ2v) is 5.87. The molecule has 6 heteroatoms. The van der Waals surface area contributed by atoms with E-state index in [-0.39, 0.29) is 36.8 Å². The quantitative estimate of drug-likeness (QED) is 0.865. The highest BCUT2D eigenvalue weighted by molar-refractivity contribution is 5.94. The first-order valence-corrected chi connectivity index (χ1v) is 7.10. The summed E-state index contributed by atoms with van der Waals surface area (Å²) in [4.78, 5) is 11.7. The van der Waals surface area contributed by atoms with Crippen LogP contribution in [0.15, 0.2) is 30.5 Å². The van der Waals surface area contributed by atoms with Gasteiger partial charge in [-0.15, -0.1) is 24.8 Å². The molecule has 0 aliphatic carbocycles. The van der Waals surface area contributed by atoms with E-state index in [0.717, 1.165) is 17.6 Å². The molecule has 2 rings (SSSR count). The van der Waals surface area contributed by atoms with Gasteiger partial charge in [0.25, 0.3) is 0 Å². The molecule has 1 atom stereocenters. The van der Waals surface area contributed by atoms with Gasteiger partial charge in [-0.25, -0.2) is 0 Å². The van der Waals surface area contributed by atoms with Crippen LogP contribution in [0.4, 0.5) is 5.69 Å². The van der Waals surface area contributed by atoms with Crippen molar-refractivity contribution in [3.05, 3.63) is 30.5 Å². The molecule has 0 saturated carbocycles. The first-order valence-electron chi connectivity index (χ1n) is 7.10. The predicted octanol–water partition coefficient (Wildman–Crippen LogP) is 3.82. The van der Waals surface area contributed by atoms with Crippen LogP contribution in [0, 0.1) is 5.92 Å². The van der Waals surface area contributed by atoms with Crippen molar-refractivity contribution >= 4 is 47.3 Å². The summed E-state index contributed by atoms with van der Waals surface area (Å²) in [6.07, 6.45) is 2.44. The second-order valence-electron chi connectivity index (χ2n) is 5.87. The Hall–Kier alpha value is -1.23. The lowest BCUT2D eigenvalue weighted by Gasteiger charge is -2.10. The molecule has 22 heavy (non-hydrogen) atoms. The Morgan fingerprint density at radius 3 is 2.50 bits per heavy atom. The molecule has 0 saturated heterocycles. The highest BCUT2D eigenvalue weighted by Crippen LogP contribution is 2.21. The highest BCUT2D eigenvalue weighted by atomic mass is 35.5. The Morgan fingerprint density at radius 2 is 1.91 bits per heavy atom. The molecular weight excluding hydrogens is 321 g/mol. The Labute approximate surface area is 144 Å². The molecule has 1 aromatic carbocycles. The maximum atomic E-state index is 11.7. The van der Waals surface area contributed by atoms with Gasteiger partial charge in [0.2, 0.25) is 5.91 Å². The summed E-state index contributed by atoms with van der Waals surface area (Å²) < 4.78 is 2.24. The van der Waals surface area contributed by atoms with Crippen molar-refractivity contribution in [3.8, 4) is 0 Å². The third-order valence-corrected chi connectivity index (χ3v) is 3.12. The molecule has 2 aromatic rings. The Morgan fingerprint density at radius 1 is 1.23 bits per heavy atom. The van der Waals surface area contributed by atoms with Gasteiger partial charge >= 0.3 is 0 Å². The van der Waals surface area contributed by atoms with Gasteiger partial charge in [0.05, 0.1) is 0 Å². The van der Waals surface area contributed by atoms with Gasteiger partial charge in [0.1, 0.15) is 0 Å². The van der Waals surface area contributed by atoms with E-state index in [9.17, 15) is 4.79 Å². The van der Waals surface area contributed by atoms with Gasteiger partial charge in [0.15, 0.2) is 0 Å². The Balaban J connectivity index is 0.00000220. The smallest absolute Gasteiger partial charge is 0.225 e. The maximum Gasteiger partial charge on any atom is 0.225 e. The fourth-order valence-corrected chi connectivity index (χ4v) is 2.33. The zero-order chi connectivity index (χ0) is 14.7. The molecule has 1 heterocycles. The number of anilines is 1. The zero-order valence-electron chi connectivity index (χ0n) is 13.2. The summed E-state index contributed by atoms with van der Waals surface area (Å²) in [5.74, 6) is 0.567. The fraction of sp³-hybridized carbons (Fsp3) is 0.438. The lowest BCUT2D eigenvalue weighted by Crippen LogP contribution is -2.23. The molecule has 0 aliphatic heterocycles. The largest absolute Gasteiger partial charge is 0.347 e. The first kappa shape index (κ1) is 20.8. The number of fused-ring (bicyclic) bond motifs is 1. The molecule has 1 amide bonds. The zero-order valence-corrected chi connectivity index (χ0v) is 14.8. The van der Waals surface area contributed by atoms with E-state index >= 15 is 0 Å². The number of rotatable bonds is 5. The molecule has 0 spiro atoms. The average molecular weight is 346 g/mol. The molecule has 1 unspecified atom stereocenters. The third kappa shape index (κ3) is 5.52. The summed E-state index contributed by atoms with van der Waals surface area (Å²) in [5.41, 5.74) is 7.65.